The molecule has 4 heteroatoms. The molecule has 2 rings (SSSR count). The summed E-state index contributed by atoms with van der Waals surface area (Å²) in [5.41, 5.74) is 0.571. The van der Waals surface area contributed by atoms with Crippen molar-refractivity contribution in [2.75, 3.05) is 6.61 Å². The highest BCUT2D eigenvalue weighted by Gasteiger charge is 2.25. The monoisotopic (exact) mass is 331 g/mol. The molecule has 0 aliphatic heterocycles. The number of carbonyl (C=O) groups is 2. The van der Waals surface area contributed by atoms with Gasteiger partial charge >= 0.3 is 0 Å². The lowest BCUT2D eigenvalue weighted by Gasteiger charge is -2.11. The van der Waals surface area contributed by atoms with E-state index in [1.165, 1.54) is 32.1 Å². The summed E-state index contributed by atoms with van der Waals surface area (Å²) in [5.74, 6) is 0.747. The van der Waals surface area contributed by atoms with Crippen molar-refractivity contribution >= 4 is 11.7 Å². The summed E-state index contributed by atoms with van der Waals surface area (Å²) in [6.45, 7) is 2.94. The van der Waals surface area contributed by atoms with Crippen molar-refractivity contribution in [2.24, 2.45) is 0 Å². The van der Waals surface area contributed by atoms with Crippen LogP contribution in [0.3, 0.4) is 0 Å². The van der Waals surface area contributed by atoms with Crippen LogP contribution in [0, 0.1) is 0 Å². The first-order valence-electron chi connectivity index (χ1n) is 9.27. The highest BCUT2D eigenvalue weighted by Crippen LogP contribution is 2.17. The second-order valence-electron chi connectivity index (χ2n) is 6.53. The topological polar surface area (TPSA) is 55.4 Å². The Kier molecular flexibility index (Phi) is 7.80. The van der Waals surface area contributed by atoms with E-state index in [4.69, 9.17) is 4.74 Å². The number of benzene rings is 1. The second kappa shape index (κ2) is 10.1. The minimum atomic E-state index is -0.305. The summed E-state index contributed by atoms with van der Waals surface area (Å²) < 4.78 is 5.71. The normalized spacial score (nSPS) is 17.0. The summed E-state index contributed by atoms with van der Waals surface area (Å²) >= 11 is 0. The molecule has 1 N–H and O–H groups in total. The molecule has 0 heterocycles. The van der Waals surface area contributed by atoms with Gasteiger partial charge in [-0.2, -0.15) is 0 Å². The number of hydrogen-bond acceptors (Lipinski definition) is 3. The van der Waals surface area contributed by atoms with Crippen LogP contribution in [-0.4, -0.2) is 24.3 Å². The number of ketones is 1. The van der Waals surface area contributed by atoms with Gasteiger partial charge in [-0.1, -0.05) is 39.0 Å². The number of carbonyl (C=O) groups excluding carboxylic acids is 2. The van der Waals surface area contributed by atoms with Crippen LogP contribution < -0.4 is 10.1 Å². The van der Waals surface area contributed by atoms with Gasteiger partial charge in [0, 0.05) is 12.0 Å². The number of hydrogen-bond donors (Lipinski definition) is 1. The first-order valence-corrected chi connectivity index (χ1v) is 9.27. The van der Waals surface area contributed by atoms with E-state index in [1.807, 2.05) is 12.1 Å². The van der Waals surface area contributed by atoms with Crippen molar-refractivity contribution in [3.63, 3.8) is 0 Å². The van der Waals surface area contributed by atoms with Gasteiger partial charge in [0.25, 0.3) is 5.91 Å². The first-order chi connectivity index (χ1) is 11.7. The molecule has 0 aromatic heterocycles. The standard InChI is InChI=1S/C20H29NO3/c1-2-3-4-5-6-7-15-24-17-13-11-16(12-14-17)20(23)21-18-9-8-10-19(18)22/h11-14,18H,2-10,15H2,1H3,(H,21,23)/t18-/m1/s1. The Morgan fingerprint density at radius 3 is 2.50 bits per heavy atom. The highest BCUT2D eigenvalue weighted by atomic mass is 16.5. The third kappa shape index (κ3) is 5.99. The Hall–Kier alpha value is -1.84. The van der Waals surface area contributed by atoms with Crippen molar-refractivity contribution in [2.45, 2.75) is 70.8 Å². The van der Waals surface area contributed by atoms with E-state index in [2.05, 4.69) is 12.2 Å². The van der Waals surface area contributed by atoms with E-state index in [0.717, 1.165) is 25.0 Å². The van der Waals surface area contributed by atoms with Crippen molar-refractivity contribution in [1.29, 1.82) is 0 Å². The number of rotatable bonds is 10. The Balaban J connectivity index is 1.68. The lowest BCUT2D eigenvalue weighted by molar-refractivity contribution is -0.118. The molecule has 0 radical (unpaired) electrons. The number of Topliss-reactive ketones (excluding diaryl/α,β-unsaturated/α-hetero) is 1. The van der Waals surface area contributed by atoms with Crippen LogP contribution in [0.25, 0.3) is 0 Å². The van der Waals surface area contributed by atoms with E-state index in [-0.39, 0.29) is 17.7 Å². The van der Waals surface area contributed by atoms with E-state index >= 15 is 0 Å². The minimum absolute atomic E-state index is 0.141. The Labute approximate surface area is 145 Å². The maximum absolute atomic E-state index is 12.1. The number of nitrogens with one attached hydrogen (secondary N) is 1. The Morgan fingerprint density at radius 2 is 1.83 bits per heavy atom. The van der Waals surface area contributed by atoms with Gasteiger partial charge in [-0.3, -0.25) is 9.59 Å². The van der Waals surface area contributed by atoms with E-state index < -0.39 is 0 Å². The maximum Gasteiger partial charge on any atom is 0.251 e. The molecule has 1 amide bonds. The molecule has 0 bridgehead atoms. The summed E-state index contributed by atoms with van der Waals surface area (Å²) in [4.78, 5) is 23.7. The number of amides is 1. The second-order valence-corrected chi connectivity index (χ2v) is 6.53. The molecule has 1 fully saturated rings. The molecule has 4 nitrogen and oxygen atoms in total. The molecule has 1 aliphatic rings. The summed E-state index contributed by atoms with van der Waals surface area (Å²) in [7, 11) is 0. The number of unbranched alkanes of at least 4 members (excludes halogenated alkanes) is 5. The average Bonchev–Trinajstić information content (AvgIpc) is 2.99. The smallest absolute Gasteiger partial charge is 0.251 e. The van der Waals surface area contributed by atoms with Crippen molar-refractivity contribution in [3.8, 4) is 5.75 Å². The quantitative estimate of drug-likeness (QED) is 0.651. The summed E-state index contributed by atoms with van der Waals surface area (Å²) in [6, 6.07) is 6.85. The van der Waals surface area contributed by atoms with Crippen LogP contribution >= 0.6 is 0 Å². The fourth-order valence-corrected chi connectivity index (χ4v) is 2.98. The summed E-state index contributed by atoms with van der Waals surface area (Å²) in [5, 5.41) is 2.81. The molecule has 24 heavy (non-hydrogen) atoms. The van der Waals surface area contributed by atoms with Gasteiger partial charge in [-0.05, 0) is 43.5 Å². The molecule has 1 aliphatic carbocycles. The van der Waals surface area contributed by atoms with Crippen LogP contribution in [0.1, 0.15) is 75.1 Å². The van der Waals surface area contributed by atoms with Crippen LogP contribution in [0.4, 0.5) is 0 Å². The highest BCUT2D eigenvalue weighted by molar-refractivity contribution is 5.98. The van der Waals surface area contributed by atoms with Gasteiger partial charge in [-0.25, -0.2) is 0 Å². The molecule has 1 atom stereocenters. The largest absolute Gasteiger partial charge is 0.494 e. The Morgan fingerprint density at radius 1 is 1.12 bits per heavy atom. The SMILES string of the molecule is CCCCCCCCOc1ccc(C(=O)N[C@@H]2CCCC2=O)cc1. The maximum atomic E-state index is 12.1. The van der Waals surface area contributed by atoms with Gasteiger partial charge in [0.1, 0.15) is 5.75 Å². The van der Waals surface area contributed by atoms with E-state index in [1.54, 1.807) is 12.1 Å². The van der Waals surface area contributed by atoms with Gasteiger partial charge in [-0.15, -0.1) is 0 Å². The van der Waals surface area contributed by atoms with Crippen LogP contribution in [0.5, 0.6) is 5.75 Å². The molecule has 132 valence electrons. The van der Waals surface area contributed by atoms with E-state index in [9.17, 15) is 9.59 Å². The summed E-state index contributed by atoms with van der Waals surface area (Å²) in [6.07, 6.45) is 9.64. The van der Waals surface area contributed by atoms with Crippen LogP contribution in [-0.2, 0) is 4.79 Å². The molecule has 1 aromatic rings. The van der Waals surface area contributed by atoms with Crippen LogP contribution in [0.2, 0.25) is 0 Å². The van der Waals surface area contributed by atoms with Gasteiger partial charge < -0.3 is 10.1 Å². The molecular weight excluding hydrogens is 302 g/mol. The lowest BCUT2D eigenvalue weighted by atomic mass is 10.1. The van der Waals surface area contributed by atoms with Crippen molar-refractivity contribution in [1.82, 2.24) is 5.32 Å². The van der Waals surface area contributed by atoms with E-state index in [0.29, 0.717) is 18.6 Å². The third-order valence-electron chi connectivity index (χ3n) is 4.49. The molecule has 0 spiro atoms. The zero-order chi connectivity index (χ0) is 17.2. The van der Waals surface area contributed by atoms with Crippen molar-refractivity contribution in [3.05, 3.63) is 29.8 Å². The first kappa shape index (κ1) is 18.5. The zero-order valence-electron chi connectivity index (χ0n) is 14.7. The fraction of sp³-hybridized carbons (Fsp3) is 0.600. The predicted octanol–water partition coefficient (Wildman–Crippen LogP) is 4.28. The fourth-order valence-electron chi connectivity index (χ4n) is 2.98. The minimum Gasteiger partial charge on any atom is -0.494 e. The molecular formula is C20H29NO3. The average molecular weight is 331 g/mol. The number of ether oxygens (including phenoxy) is 1. The molecule has 0 unspecified atom stereocenters. The predicted molar refractivity (Wildman–Crippen MR) is 95.4 cm³/mol. The molecule has 1 saturated carbocycles. The Bertz CT molecular complexity index is 524. The van der Waals surface area contributed by atoms with Gasteiger partial charge in [0.15, 0.2) is 5.78 Å². The molecule has 1 aromatic carbocycles. The van der Waals surface area contributed by atoms with Gasteiger partial charge in [0.2, 0.25) is 0 Å². The van der Waals surface area contributed by atoms with Crippen molar-refractivity contribution < 1.29 is 14.3 Å². The van der Waals surface area contributed by atoms with Crippen LogP contribution in [0.15, 0.2) is 24.3 Å². The third-order valence-corrected chi connectivity index (χ3v) is 4.49. The zero-order valence-corrected chi connectivity index (χ0v) is 14.7. The lowest BCUT2D eigenvalue weighted by Crippen LogP contribution is -2.37. The molecule has 0 saturated heterocycles. The van der Waals surface area contributed by atoms with Gasteiger partial charge in [0.05, 0.1) is 12.6 Å².